The van der Waals surface area contributed by atoms with Crippen LogP contribution in [0.15, 0.2) is 35.0 Å². The van der Waals surface area contributed by atoms with E-state index in [0.717, 1.165) is 23.0 Å². The summed E-state index contributed by atoms with van der Waals surface area (Å²) in [6.45, 7) is 0.764. The summed E-state index contributed by atoms with van der Waals surface area (Å²) in [5.74, 6) is 0.943. The zero-order valence-corrected chi connectivity index (χ0v) is 10.5. The maximum absolute atomic E-state index is 12.0. The van der Waals surface area contributed by atoms with Crippen LogP contribution in [0.4, 0.5) is 0 Å². The molecule has 5 heteroatoms. The Balaban J connectivity index is 1.93. The summed E-state index contributed by atoms with van der Waals surface area (Å²) < 4.78 is 0. The summed E-state index contributed by atoms with van der Waals surface area (Å²) in [5.41, 5.74) is 1.45. The molecule has 0 saturated carbocycles. The third-order valence-electron chi connectivity index (χ3n) is 2.63. The van der Waals surface area contributed by atoms with Crippen molar-refractivity contribution in [2.75, 3.05) is 12.3 Å². The topological polar surface area (TPSA) is 32.7 Å². The molecule has 0 aliphatic carbocycles. The molecule has 1 aromatic carbocycles. The van der Waals surface area contributed by atoms with Crippen molar-refractivity contribution in [1.29, 1.82) is 0 Å². The lowest BCUT2D eigenvalue weighted by Gasteiger charge is -2.05. The summed E-state index contributed by atoms with van der Waals surface area (Å²) in [6, 6.07) is 7.35. The number of carbonyl (C=O) groups is 1. The van der Waals surface area contributed by atoms with E-state index in [0.29, 0.717) is 10.7 Å². The maximum atomic E-state index is 12.0. The smallest absolute Gasteiger partial charge is 0.278 e. The van der Waals surface area contributed by atoms with Crippen LogP contribution in [0.1, 0.15) is 5.56 Å². The molecule has 17 heavy (non-hydrogen) atoms. The first-order valence-electron chi connectivity index (χ1n) is 5.25. The molecule has 0 aromatic heterocycles. The van der Waals surface area contributed by atoms with Crippen molar-refractivity contribution in [2.45, 2.75) is 0 Å². The van der Waals surface area contributed by atoms with Crippen molar-refractivity contribution in [3.63, 3.8) is 0 Å². The minimum absolute atomic E-state index is 0.0000463. The number of halogens is 1. The highest BCUT2D eigenvalue weighted by Crippen LogP contribution is 2.28. The van der Waals surface area contributed by atoms with Crippen LogP contribution in [-0.2, 0) is 4.79 Å². The Morgan fingerprint density at radius 3 is 2.82 bits per heavy atom. The second-order valence-corrected chi connectivity index (χ2v) is 5.28. The minimum Gasteiger partial charge on any atom is -0.285 e. The lowest BCUT2D eigenvalue weighted by Crippen LogP contribution is -2.26. The molecule has 0 N–H and O–H groups in total. The standard InChI is InChI=1S/C12H9ClN2OS/c13-9-3-1-8(2-4-9)7-10-11(16)15-5-6-17-12(15)14-10/h1-4,7H,5-6H2/b10-7-. The Hall–Kier alpha value is -1.26. The van der Waals surface area contributed by atoms with E-state index in [-0.39, 0.29) is 5.91 Å². The van der Waals surface area contributed by atoms with Crippen LogP contribution < -0.4 is 0 Å². The predicted octanol–water partition coefficient (Wildman–Crippen LogP) is 2.63. The van der Waals surface area contributed by atoms with Crippen LogP contribution >= 0.6 is 23.4 Å². The van der Waals surface area contributed by atoms with E-state index in [1.54, 1.807) is 34.9 Å². The number of thioether (sulfide) groups is 1. The Labute approximate surface area is 108 Å². The van der Waals surface area contributed by atoms with Crippen molar-refractivity contribution < 1.29 is 4.79 Å². The third kappa shape index (κ3) is 1.98. The maximum Gasteiger partial charge on any atom is 0.278 e. The van der Waals surface area contributed by atoms with Gasteiger partial charge >= 0.3 is 0 Å². The van der Waals surface area contributed by atoms with Crippen LogP contribution in [0, 0.1) is 0 Å². The summed E-state index contributed by atoms with van der Waals surface area (Å²) in [5, 5.41) is 1.52. The summed E-state index contributed by atoms with van der Waals surface area (Å²) in [6.07, 6.45) is 1.80. The van der Waals surface area contributed by atoms with Crippen molar-refractivity contribution in [3.8, 4) is 0 Å². The Morgan fingerprint density at radius 2 is 2.12 bits per heavy atom. The monoisotopic (exact) mass is 264 g/mol. The number of hydrogen-bond donors (Lipinski definition) is 0. The van der Waals surface area contributed by atoms with Gasteiger partial charge in [0.1, 0.15) is 5.70 Å². The van der Waals surface area contributed by atoms with Crippen LogP contribution in [0.2, 0.25) is 5.02 Å². The van der Waals surface area contributed by atoms with E-state index < -0.39 is 0 Å². The highest BCUT2D eigenvalue weighted by atomic mass is 35.5. The Bertz CT molecular complexity index is 536. The van der Waals surface area contributed by atoms with Gasteiger partial charge in [-0.05, 0) is 23.8 Å². The fourth-order valence-corrected chi connectivity index (χ4v) is 2.86. The summed E-state index contributed by atoms with van der Waals surface area (Å²) in [4.78, 5) is 18.0. The number of carbonyl (C=O) groups excluding carboxylic acids is 1. The number of amidine groups is 1. The van der Waals surface area contributed by atoms with E-state index in [1.807, 2.05) is 12.1 Å². The third-order valence-corrected chi connectivity index (χ3v) is 3.84. The van der Waals surface area contributed by atoms with E-state index in [4.69, 9.17) is 11.6 Å². The molecule has 0 radical (unpaired) electrons. The van der Waals surface area contributed by atoms with Gasteiger partial charge in [-0.2, -0.15) is 0 Å². The first-order valence-corrected chi connectivity index (χ1v) is 6.61. The summed E-state index contributed by atoms with van der Waals surface area (Å²) >= 11 is 7.43. The number of amides is 1. The SMILES string of the molecule is O=C1/C(=C/c2ccc(Cl)cc2)N=C2SCCN12. The number of hydrogen-bond acceptors (Lipinski definition) is 3. The molecular formula is C12H9ClN2OS. The average Bonchev–Trinajstić information content (AvgIpc) is 2.87. The van der Waals surface area contributed by atoms with E-state index in [2.05, 4.69) is 4.99 Å². The van der Waals surface area contributed by atoms with Gasteiger partial charge in [0, 0.05) is 17.3 Å². The largest absolute Gasteiger partial charge is 0.285 e. The highest BCUT2D eigenvalue weighted by Gasteiger charge is 2.33. The van der Waals surface area contributed by atoms with Crippen molar-refractivity contribution in [1.82, 2.24) is 4.90 Å². The minimum atomic E-state index is -0.0000463. The number of aliphatic imine (C=N–C) groups is 1. The molecule has 1 saturated heterocycles. The number of benzene rings is 1. The lowest BCUT2D eigenvalue weighted by atomic mass is 10.2. The normalized spacial score (nSPS) is 21.0. The van der Waals surface area contributed by atoms with Crippen LogP contribution in [0.3, 0.4) is 0 Å². The van der Waals surface area contributed by atoms with Crippen molar-refractivity contribution in [3.05, 3.63) is 40.5 Å². The Morgan fingerprint density at radius 1 is 1.35 bits per heavy atom. The van der Waals surface area contributed by atoms with Gasteiger partial charge in [-0.1, -0.05) is 35.5 Å². The second kappa shape index (κ2) is 4.20. The molecule has 0 atom stereocenters. The fourth-order valence-electron chi connectivity index (χ4n) is 1.78. The molecule has 1 aromatic rings. The van der Waals surface area contributed by atoms with E-state index in [9.17, 15) is 4.79 Å². The number of fused-ring (bicyclic) bond motifs is 1. The van der Waals surface area contributed by atoms with Gasteiger partial charge in [-0.3, -0.25) is 9.69 Å². The van der Waals surface area contributed by atoms with Gasteiger partial charge < -0.3 is 0 Å². The molecule has 0 bridgehead atoms. The predicted molar refractivity (Wildman–Crippen MR) is 71.0 cm³/mol. The quantitative estimate of drug-likeness (QED) is 0.731. The number of rotatable bonds is 1. The molecule has 1 fully saturated rings. The fraction of sp³-hybridized carbons (Fsp3) is 0.167. The average molecular weight is 265 g/mol. The molecule has 3 nitrogen and oxygen atoms in total. The van der Waals surface area contributed by atoms with Crippen LogP contribution in [-0.4, -0.2) is 28.3 Å². The second-order valence-electron chi connectivity index (χ2n) is 3.78. The molecule has 2 aliphatic rings. The molecular weight excluding hydrogens is 256 g/mol. The van der Waals surface area contributed by atoms with Gasteiger partial charge in [-0.15, -0.1) is 0 Å². The first kappa shape index (κ1) is 10.9. The van der Waals surface area contributed by atoms with Crippen LogP contribution in [0.5, 0.6) is 0 Å². The molecule has 86 valence electrons. The molecule has 2 heterocycles. The summed E-state index contributed by atoms with van der Waals surface area (Å²) in [7, 11) is 0. The van der Waals surface area contributed by atoms with E-state index >= 15 is 0 Å². The molecule has 3 rings (SSSR count). The van der Waals surface area contributed by atoms with Crippen molar-refractivity contribution in [2.24, 2.45) is 4.99 Å². The zero-order valence-electron chi connectivity index (χ0n) is 8.89. The lowest BCUT2D eigenvalue weighted by molar-refractivity contribution is -0.122. The van der Waals surface area contributed by atoms with E-state index in [1.165, 1.54) is 0 Å². The van der Waals surface area contributed by atoms with Gasteiger partial charge in [0.25, 0.3) is 5.91 Å². The van der Waals surface area contributed by atoms with Gasteiger partial charge in [0.05, 0.1) is 0 Å². The zero-order chi connectivity index (χ0) is 11.8. The highest BCUT2D eigenvalue weighted by molar-refractivity contribution is 8.14. The van der Waals surface area contributed by atoms with Crippen LogP contribution in [0.25, 0.3) is 6.08 Å². The van der Waals surface area contributed by atoms with Crippen molar-refractivity contribution >= 4 is 40.5 Å². The van der Waals surface area contributed by atoms with Gasteiger partial charge in [0.2, 0.25) is 0 Å². The molecule has 1 amide bonds. The molecule has 0 spiro atoms. The molecule has 2 aliphatic heterocycles. The number of nitrogens with zero attached hydrogens (tertiary/aromatic N) is 2. The molecule has 0 unspecified atom stereocenters. The van der Waals surface area contributed by atoms with Gasteiger partial charge in [-0.25, -0.2) is 4.99 Å². The first-order chi connectivity index (χ1) is 8.24. The van der Waals surface area contributed by atoms with Gasteiger partial charge in [0.15, 0.2) is 5.17 Å². The Kier molecular flexibility index (Phi) is 2.68.